The summed E-state index contributed by atoms with van der Waals surface area (Å²) < 4.78 is 0. The van der Waals surface area contributed by atoms with Gasteiger partial charge in [0.05, 0.1) is 0 Å². The maximum Gasteiger partial charge on any atom is 0.242 e. The molecule has 0 radical (unpaired) electrons. The molecule has 0 saturated heterocycles. The molecule has 118 valence electrons. The van der Waals surface area contributed by atoms with Gasteiger partial charge in [0.2, 0.25) is 5.91 Å². The van der Waals surface area contributed by atoms with E-state index in [0.29, 0.717) is 6.54 Å². The molecule has 0 saturated carbocycles. The fourth-order valence-electron chi connectivity index (χ4n) is 2.46. The summed E-state index contributed by atoms with van der Waals surface area (Å²) in [5, 5.41) is 3.12. The van der Waals surface area contributed by atoms with Gasteiger partial charge >= 0.3 is 0 Å². The molecule has 1 atom stereocenters. The molecule has 4 nitrogen and oxygen atoms in total. The van der Waals surface area contributed by atoms with Crippen molar-refractivity contribution in [2.24, 2.45) is 5.73 Å². The van der Waals surface area contributed by atoms with E-state index in [4.69, 9.17) is 5.73 Å². The number of carbonyl (C=O) groups is 1. The van der Waals surface area contributed by atoms with Gasteiger partial charge in [-0.15, -0.1) is 0 Å². The van der Waals surface area contributed by atoms with Crippen molar-refractivity contribution in [2.45, 2.75) is 59.2 Å². The summed E-state index contributed by atoms with van der Waals surface area (Å²) in [7, 11) is 0. The average molecular weight is 291 g/mol. The zero-order valence-electron chi connectivity index (χ0n) is 13.7. The summed E-state index contributed by atoms with van der Waals surface area (Å²) >= 11 is 0. The molecular formula is C17H29N3O. The van der Waals surface area contributed by atoms with Crippen LogP contribution in [0, 0.1) is 0 Å². The minimum atomic E-state index is -0.181. The van der Waals surface area contributed by atoms with Gasteiger partial charge in [-0.2, -0.15) is 0 Å². The summed E-state index contributed by atoms with van der Waals surface area (Å²) in [5.74, 6) is 0.0912. The second kappa shape index (κ2) is 8.67. The zero-order valence-corrected chi connectivity index (χ0v) is 13.7. The lowest BCUT2D eigenvalue weighted by atomic mass is 10.1. The molecule has 0 aliphatic carbocycles. The highest BCUT2D eigenvalue weighted by molar-refractivity contribution is 5.85. The first-order chi connectivity index (χ1) is 10.1. The van der Waals surface area contributed by atoms with E-state index in [1.807, 2.05) is 31.2 Å². The first-order valence-electron chi connectivity index (χ1n) is 7.93. The van der Waals surface area contributed by atoms with E-state index in [1.54, 1.807) is 0 Å². The van der Waals surface area contributed by atoms with Crippen LogP contribution < -0.4 is 16.0 Å². The van der Waals surface area contributed by atoms with Gasteiger partial charge in [0.15, 0.2) is 0 Å². The van der Waals surface area contributed by atoms with E-state index < -0.39 is 0 Å². The molecule has 1 amide bonds. The first-order valence-corrected chi connectivity index (χ1v) is 7.93. The van der Waals surface area contributed by atoms with Crippen molar-refractivity contribution in [1.82, 2.24) is 5.32 Å². The van der Waals surface area contributed by atoms with Crippen LogP contribution in [0.4, 0.5) is 5.69 Å². The smallest absolute Gasteiger partial charge is 0.242 e. The molecule has 1 unspecified atom stereocenters. The minimum absolute atomic E-state index is 0.0912. The van der Waals surface area contributed by atoms with Crippen LogP contribution in [-0.2, 0) is 11.3 Å². The number of likely N-dealkylation sites (N-methyl/N-ethyl adjacent to an activating group) is 1. The predicted octanol–water partition coefficient (Wildman–Crippen LogP) is 2.66. The van der Waals surface area contributed by atoms with E-state index in [0.717, 1.165) is 30.6 Å². The highest BCUT2D eigenvalue weighted by atomic mass is 16.2. The zero-order chi connectivity index (χ0) is 15.8. The summed E-state index contributed by atoms with van der Waals surface area (Å²) in [6, 6.07) is 8.18. The van der Waals surface area contributed by atoms with Crippen LogP contribution in [0.5, 0.6) is 0 Å². The Labute approximate surface area is 128 Å². The molecule has 1 rings (SSSR count). The number of carbonyl (C=O) groups excluding carboxylic acids is 1. The molecule has 0 aromatic heterocycles. The van der Waals surface area contributed by atoms with Gasteiger partial charge in [-0.05, 0) is 44.4 Å². The minimum Gasteiger partial charge on any atom is -0.360 e. The Hall–Kier alpha value is -1.55. The Morgan fingerprint density at radius 1 is 1.19 bits per heavy atom. The standard InChI is InChI=1S/C17H29N3O/c1-5-15(6-2)19-17(21)13(4)20(7-3)16-10-8-14(12-18)9-11-16/h8-11,13,15H,5-7,12,18H2,1-4H3,(H,19,21). The fourth-order valence-corrected chi connectivity index (χ4v) is 2.46. The van der Waals surface area contributed by atoms with E-state index in [2.05, 4.69) is 31.0 Å². The number of benzene rings is 1. The van der Waals surface area contributed by atoms with E-state index >= 15 is 0 Å². The lowest BCUT2D eigenvalue weighted by Crippen LogP contribution is -2.48. The van der Waals surface area contributed by atoms with Gasteiger partial charge in [0.25, 0.3) is 0 Å². The maximum atomic E-state index is 12.4. The Morgan fingerprint density at radius 3 is 2.19 bits per heavy atom. The van der Waals surface area contributed by atoms with Crippen molar-refractivity contribution < 1.29 is 4.79 Å². The van der Waals surface area contributed by atoms with Crippen LogP contribution in [0.3, 0.4) is 0 Å². The van der Waals surface area contributed by atoms with Crippen LogP contribution in [-0.4, -0.2) is 24.5 Å². The maximum absolute atomic E-state index is 12.4. The Bertz CT molecular complexity index is 426. The molecule has 0 aliphatic rings. The van der Waals surface area contributed by atoms with Gasteiger partial charge in [-0.1, -0.05) is 26.0 Å². The van der Waals surface area contributed by atoms with Crippen LogP contribution >= 0.6 is 0 Å². The Kier molecular flexibility index (Phi) is 7.23. The van der Waals surface area contributed by atoms with Gasteiger partial charge in [-0.3, -0.25) is 4.79 Å². The number of hydrogen-bond donors (Lipinski definition) is 2. The fraction of sp³-hybridized carbons (Fsp3) is 0.588. The summed E-state index contributed by atoms with van der Waals surface area (Å²) in [6.45, 7) is 9.55. The number of amides is 1. The van der Waals surface area contributed by atoms with Gasteiger partial charge in [0.1, 0.15) is 6.04 Å². The van der Waals surface area contributed by atoms with Crippen molar-refractivity contribution in [3.8, 4) is 0 Å². The van der Waals surface area contributed by atoms with Crippen LogP contribution in [0.1, 0.15) is 46.1 Å². The van der Waals surface area contributed by atoms with Gasteiger partial charge < -0.3 is 16.0 Å². The van der Waals surface area contributed by atoms with E-state index in [9.17, 15) is 4.79 Å². The third-order valence-electron chi connectivity index (χ3n) is 4.02. The molecule has 0 fully saturated rings. The normalized spacial score (nSPS) is 12.3. The van der Waals surface area contributed by atoms with Crippen LogP contribution in [0.2, 0.25) is 0 Å². The quantitative estimate of drug-likeness (QED) is 0.774. The van der Waals surface area contributed by atoms with Crippen molar-refractivity contribution in [2.75, 3.05) is 11.4 Å². The second-order valence-corrected chi connectivity index (χ2v) is 5.35. The topological polar surface area (TPSA) is 58.4 Å². The molecule has 1 aromatic carbocycles. The van der Waals surface area contributed by atoms with E-state index in [1.165, 1.54) is 0 Å². The van der Waals surface area contributed by atoms with Crippen LogP contribution in [0.25, 0.3) is 0 Å². The van der Waals surface area contributed by atoms with Crippen LogP contribution in [0.15, 0.2) is 24.3 Å². The molecule has 4 heteroatoms. The average Bonchev–Trinajstić information content (AvgIpc) is 2.53. The SMILES string of the molecule is CCC(CC)NC(=O)C(C)N(CC)c1ccc(CN)cc1. The number of nitrogens with zero attached hydrogens (tertiary/aromatic N) is 1. The highest BCUT2D eigenvalue weighted by Crippen LogP contribution is 2.18. The molecule has 0 bridgehead atoms. The predicted molar refractivity (Wildman–Crippen MR) is 89.3 cm³/mol. The first kappa shape index (κ1) is 17.5. The Morgan fingerprint density at radius 2 is 1.76 bits per heavy atom. The third kappa shape index (κ3) is 4.74. The molecular weight excluding hydrogens is 262 g/mol. The highest BCUT2D eigenvalue weighted by Gasteiger charge is 2.21. The number of nitrogens with one attached hydrogen (secondary N) is 1. The molecule has 0 aliphatic heterocycles. The molecule has 21 heavy (non-hydrogen) atoms. The second-order valence-electron chi connectivity index (χ2n) is 5.35. The Balaban J connectivity index is 2.79. The van der Waals surface area contributed by atoms with Gasteiger partial charge in [0, 0.05) is 24.8 Å². The van der Waals surface area contributed by atoms with Crippen molar-refractivity contribution in [3.63, 3.8) is 0 Å². The number of hydrogen-bond acceptors (Lipinski definition) is 3. The van der Waals surface area contributed by atoms with Crippen molar-refractivity contribution in [3.05, 3.63) is 29.8 Å². The van der Waals surface area contributed by atoms with Crippen molar-refractivity contribution >= 4 is 11.6 Å². The number of rotatable bonds is 8. The lowest BCUT2D eigenvalue weighted by molar-refractivity contribution is -0.122. The molecule has 0 heterocycles. The number of anilines is 1. The summed E-state index contributed by atoms with van der Waals surface area (Å²) in [6.07, 6.45) is 1.93. The summed E-state index contributed by atoms with van der Waals surface area (Å²) in [4.78, 5) is 14.5. The summed E-state index contributed by atoms with van der Waals surface area (Å²) in [5.41, 5.74) is 7.78. The lowest BCUT2D eigenvalue weighted by Gasteiger charge is -2.30. The van der Waals surface area contributed by atoms with Gasteiger partial charge in [-0.25, -0.2) is 0 Å². The third-order valence-corrected chi connectivity index (χ3v) is 4.02. The van der Waals surface area contributed by atoms with Crippen molar-refractivity contribution in [1.29, 1.82) is 0 Å². The molecule has 3 N–H and O–H groups in total. The van der Waals surface area contributed by atoms with E-state index in [-0.39, 0.29) is 18.0 Å². The number of nitrogens with two attached hydrogens (primary N) is 1. The molecule has 0 spiro atoms. The monoisotopic (exact) mass is 291 g/mol. The largest absolute Gasteiger partial charge is 0.360 e. The molecule has 1 aromatic rings.